The zero-order valence-electron chi connectivity index (χ0n) is 17.7. The Bertz CT molecular complexity index is 530. The summed E-state index contributed by atoms with van der Waals surface area (Å²) < 4.78 is 5.54. The summed E-state index contributed by atoms with van der Waals surface area (Å²) in [5.74, 6) is 2.08. The molecule has 1 heterocycles. The lowest BCUT2D eigenvalue weighted by Gasteiger charge is -2.19. The molecule has 1 aromatic heterocycles. The van der Waals surface area contributed by atoms with E-state index in [0.29, 0.717) is 5.76 Å². The van der Waals surface area contributed by atoms with Gasteiger partial charge in [-0.1, -0.05) is 19.3 Å². The number of aryl methyl sites for hydroxylation is 1. The van der Waals surface area contributed by atoms with Crippen LogP contribution in [0.15, 0.2) is 21.5 Å². The third-order valence-corrected chi connectivity index (χ3v) is 4.24. The van der Waals surface area contributed by atoms with E-state index in [2.05, 4.69) is 34.6 Å². The average Bonchev–Trinajstić information content (AvgIpc) is 3.02. The molecule has 0 saturated carbocycles. The summed E-state index contributed by atoms with van der Waals surface area (Å²) in [7, 11) is 4.24. The molecule has 0 aliphatic heterocycles. The number of aliphatic imine (C=N–C) groups is 1. The minimum absolute atomic E-state index is 0. The summed E-state index contributed by atoms with van der Waals surface area (Å²) in [6.45, 7) is 8.74. The van der Waals surface area contributed by atoms with E-state index in [0.717, 1.165) is 31.2 Å². The molecule has 27 heavy (non-hydrogen) atoms. The molecule has 3 N–H and O–H groups in total. The number of hydrogen-bond acceptors (Lipinski definition) is 4. The van der Waals surface area contributed by atoms with Crippen LogP contribution in [-0.2, 0) is 5.60 Å². The first kappa shape index (κ1) is 26.2. The Labute approximate surface area is 182 Å². The van der Waals surface area contributed by atoms with Gasteiger partial charge >= 0.3 is 0 Å². The molecule has 0 aromatic carbocycles. The van der Waals surface area contributed by atoms with Crippen LogP contribution in [0, 0.1) is 6.92 Å². The Morgan fingerprint density at radius 1 is 1.15 bits per heavy atom. The van der Waals surface area contributed by atoms with E-state index in [-0.39, 0.29) is 30.5 Å². The van der Waals surface area contributed by atoms with Gasteiger partial charge in [0.05, 0.1) is 6.54 Å². The molecule has 0 aliphatic carbocycles. The van der Waals surface area contributed by atoms with Crippen LogP contribution in [0.2, 0.25) is 0 Å². The van der Waals surface area contributed by atoms with Crippen molar-refractivity contribution < 1.29 is 9.52 Å². The van der Waals surface area contributed by atoms with Crippen molar-refractivity contribution >= 4 is 29.9 Å². The van der Waals surface area contributed by atoms with E-state index in [1.807, 2.05) is 26.0 Å². The number of hydrogen-bond donors (Lipinski definition) is 3. The predicted molar refractivity (Wildman–Crippen MR) is 124 cm³/mol. The van der Waals surface area contributed by atoms with Gasteiger partial charge in [0.15, 0.2) is 5.96 Å². The highest BCUT2D eigenvalue weighted by Gasteiger charge is 2.26. The van der Waals surface area contributed by atoms with Crippen LogP contribution in [0.5, 0.6) is 0 Å². The fourth-order valence-electron chi connectivity index (χ4n) is 2.67. The van der Waals surface area contributed by atoms with Crippen LogP contribution in [-0.4, -0.2) is 56.2 Å². The molecular formula is C20H39IN4O2. The normalized spacial score (nSPS) is 14.0. The summed E-state index contributed by atoms with van der Waals surface area (Å²) in [5.41, 5.74) is -1.11. The number of unbranched alkanes of at least 4 members (excludes halogenated alkanes) is 4. The van der Waals surface area contributed by atoms with Crippen LogP contribution >= 0.6 is 24.0 Å². The van der Waals surface area contributed by atoms with Crippen LogP contribution in [0.4, 0.5) is 0 Å². The number of furan rings is 1. The van der Waals surface area contributed by atoms with Gasteiger partial charge in [-0.15, -0.1) is 24.0 Å². The number of nitrogens with zero attached hydrogens (tertiary/aromatic N) is 2. The lowest BCUT2D eigenvalue weighted by molar-refractivity contribution is 0.0428. The highest BCUT2D eigenvalue weighted by molar-refractivity contribution is 14.0. The monoisotopic (exact) mass is 494 g/mol. The van der Waals surface area contributed by atoms with Gasteiger partial charge in [0.2, 0.25) is 0 Å². The maximum absolute atomic E-state index is 10.6. The third-order valence-electron chi connectivity index (χ3n) is 4.24. The first-order valence-corrected chi connectivity index (χ1v) is 9.81. The van der Waals surface area contributed by atoms with Crippen molar-refractivity contribution in [2.24, 2.45) is 4.99 Å². The summed E-state index contributed by atoms with van der Waals surface area (Å²) in [5, 5.41) is 17.2. The Kier molecular flexibility index (Phi) is 13.8. The number of aliphatic hydroxyl groups is 1. The Morgan fingerprint density at radius 2 is 1.81 bits per heavy atom. The molecular weight excluding hydrogens is 455 g/mol. The molecule has 0 spiro atoms. The second-order valence-corrected chi connectivity index (χ2v) is 7.38. The molecule has 0 aliphatic rings. The maximum Gasteiger partial charge on any atom is 0.191 e. The fraction of sp³-hybridized carbons (Fsp3) is 0.750. The lowest BCUT2D eigenvalue weighted by atomic mass is 10.0. The molecule has 158 valence electrons. The van der Waals surface area contributed by atoms with E-state index in [4.69, 9.17) is 4.42 Å². The van der Waals surface area contributed by atoms with Crippen molar-refractivity contribution in [2.75, 3.05) is 40.3 Å². The first-order chi connectivity index (χ1) is 12.3. The molecule has 1 atom stereocenters. The molecule has 7 heteroatoms. The van der Waals surface area contributed by atoms with E-state index in [9.17, 15) is 5.11 Å². The molecule has 6 nitrogen and oxygen atoms in total. The zero-order chi connectivity index (χ0) is 19.4. The van der Waals surface area contributed by atoms with E-state index < -0.39 is 5.60 Å². The molecule has 0 radical (unpaired) electrons. The Morgan fingerprint density at radius 3 is 2.41 bits per heavy atom. The van der Waals surface area contributed by atoms with Crippen LogP contribution in [0.3, 0.4) is 0 Å². The second kappa shape index (κ2) is 14.2. The number of halogens is 1. The van der Waals surface area contributed by atoms with Crippen molar-refractivity contribution in [2.45, 2.75) is 58.5 Å². The van der Waals surface area contributed by atoms with Gasteiger partial charge in [0.25, 0.3) is 0 Å². The third kappa shape index (κ3) is 11.6. The van der Waals surface area contributed by atoms with Gasteiger partial charge in [0, 0.05) is 13.1 Å². The van der Waals surface area contributed by atoms with Crippen molar-refractivity contribution in [3.63, 3.8) is 0 Å². The highest BCUT2D eigenvalue weighted by atomic mass is 127. The van der Waals surface area contributed by atoms with E-state index in [1.54, 1.807) is 6.92 Å². The smallest absolute Gasteiger partial charge is 0.191 e. The molecule has 1 unspecified atom stereocenters. The van der Waals surface area contributed by atoms with Gasteiger partial charge in [-0.05, 0) is 66.4 Å². The molecule has 1 rings (SSSR count). The largest absolute Gasteiger partial charge is 0.463 e. The summed E-state index contributed by atoms with van der Waals surface area (Å²) >= 11 is 0. The lowest BCUT2D eigenvalue weighted by Crippen LogP contribution is -2.39. The second-order valence-electron chi connectivity index (χ2n) is 7.38. The fourth-order valence-corrected chi connectivity index (χ4v) is 2.67. The van der Waals surface area contributed by atoms with Crippen molar-refractivity contribution in [1.82, 2.24) is 15.5 Å². The van der Waals surface area contributed by atoms with Crippen LogP contribution in [0.1, 0.15) is 57.5 Å². The molecule has 1 aromatic rings. The standard InChI is InChI=1S/C20H38N4O2.HI/c1-6-21-19(22-14-10-8-7-9-11-15-24(4)5)23-16-20(3,25)18-13-12-17(2)26-18;/h12-13,25H,6-11,14-16H2,1-5H3,(H2,21,22,23);1H. The Hall–Kier alpha value is -0.800. The van der Waals surface area contributed by atoms with Crippen LogP contribution < -0.4 is 10.6 Å². The maximum atomic E-state index is 10.6. The first-order valence-electron chi connectivity index (χ1n) is 9.81. The number of rotatable bonds is 12. The molecule has 0 saturated heterocycles. The van der Waals surface area contributed by atoms with Gasteiger partial charge in [-0.25, -0.2) is 4.99 Å². The summed E-state index contributed by atoms with van der Waals surface area (Å²) in [4.78, 5) is 6.75. The van der Waals surface area contributed by atoms with E-state index in [1.165, 1.54) is 32.2 Å². The van der Waals surface area contributed by atoms with Gasteiger partial charge < -0.3 is 25.1 Å². The van der Waals surface area contributed by atoms with Crippen molar-refractivity contribution in [3.8, 4) is 0 Å². The highest BCUT2D eigenvalue weighted by Crippen LogP contribution is 2.22. The van der Waals surface area contributed by atoms with Gasteiger partial charge in [0.1, 0.15) is 17.1 Å². The molecule has 0 fully saturated rings. The number of nitrogens with one attached hydrogen (secondary N) is 2. The quantitative estimate of drug-likeness (QED) is 0.180. The Balaban J connectivity index is 0.00000676. The SMILES string of the molecule is CCNC(=NCC(C)(O)c1ccc(C)o1)NCCCCCCCN(C)C.I. The number of guanidine groups is 1. The van der Waals surface area contributed by atoms with Crippen LogP contribution in [0.25, 0.3) is 0 Å². The predicted octanol–water partition coefficient (Wildman–Crippen LogP) is 3.48. The topological polar surface area (TPSA) is 73.0 Å². The van der Waals surface area contributed by atoms with Gasteiger partial charge in [-0.2, -0.15) is 0 Å². The summed E-state index contributed by atoms with van der Waals surface area (Å²) in [6.07, 6.45) is 6.18. The minimum Gasteiger partial charge on any atom is -0.463 e. The zero-order valence-corrected chi connectivity index (χ0v) is 20.0. The molecule has 0 amide bonds. The minimum atomic E-state index is -1.11. The van der Waals surface area contributed by atoms with Crippen molar-refractivity contribution in [3.05, 3.63) is 23.7 Å². The summed E-state index contributed by atoms with van der Waals surface area (Å²) in [6, 6.07) is 3.66. The van der Waals surface area contributed by atoms with E-state index >= 15 is 0 Å². The van der Waals surface area contributed by atoms with Crippen molar-refractivity contribution in [1.29, 1.82) is 0 Å². The average molecular weight is 494 g/mol. The van der Waals surface area contributed by atoms with Gasteiger partial charge in [-0.3, -0.25) is 0 Å². The molecule has 0 bridgehead atoms.